The topological polar surface area (TPSA) is 166 Å². The van der Waals surface area contributed by atoms with E-state index >= 15 is 0 Å². The number of nitrogens with zero attached hydrogens (tertiary/aromatic N) is 1. The molecule has 35 heavy (non-hydrogen) atoms. The fraction of sp³-hybridized carbons (Fsp3) is 0.261. The van der Waals surface area contributed by atoms with Gasteiger partial charge < -0.3 is 14.6 Å². The Hall–Kier alpha value is -3.74. The first-order valence-electron chi connectivity index (χ1n) is 10.9. The van der Waals surface area contributed by atoms with Crippen molar-refractivity contribution in [3.63, 3.8) is 0 Å². The zero-order chi connectivity index (χ0) is 25.1. The van der Waals surface area contributed by atoms with Crippen LogP contribution in [0.1, 0.15) is 24.8 Å². The molecule has 11 nitrogen and oxygen atoms in total. The summed E-state index contributed by atoms with van der Waals surface area (Å²) in [6.07, 6.45) is 0.282. The van der Waals surface area contributed by atoms with E-state index in [1.807, 2.05) is 60.7 Å². The summed E-state index contributed by atoms with van der Waals surface area (Å²) in [6, 6.07) is 19.0. The Bertz CT molecular complexity index is 1200. The third-order valence-electron chi connectivity index (χ3n) is 4.87. The molecule has 3 rings (SSSR count). The minimum Gasteiger partial charge on any atom is -0.445 e. The van der Waals surface area contributed by atoms with E-state index in [1.165, 1.54) is 0 Å². The number of alkyl carbamates (subject to hydrolysis) is 1. The third-order valence-corrected chi connectivity index (χ3v) is 5.48. The Labute approximate surface area is 203 Å². The lowest BCUT2D eigenvalue weighted by atomic mass is 10.1. The van der Waals surface area contributed by atoms with Crippen molar-refractivity contribution in [2.45, 2.75) is 31.9 Å². The summed E-state index contributed by atoms with van der Waals surface area (Å²) in [5.41, 5.74) is 2.16. The Morgan fingerprint density at radius 2 is 1.71 bits per heavy atom. The molecule has 0 aliphatic carbocycles. The molecular formula is C23H27N5O6S. The fourth-order valence-corrected chi connectivity index (χ4v) is 3.58. The van der Waals surface area contributed by atoms with Crippen LogP contribution in [0.2, 0.25) is 0 Å². The second-order valence-corrected chi connectivity index (χ2v) is 9.00. The molecule has 0 fully saturated rings. The van der Waals surface area contributed by atoms with Crippen LogP contribution in [0.4, 0.5) is 10.7 Å². The van der Waals surface area contributed by atoms with E-state index in [4.69, 9.17) is 14.4 Å². The van der Waals surface area contributed by atoms with Crippen molar-refractivity contribution < 1.29 is 27.3 Å². The molecule has 0 radical (unpaired) electrons. The van der Waals surface area contributed by atoms with Crippen LogP contribution < -0.4 is 20.5 Å². The summed E-state index contributed by atoms with van der Waals surface area (Å²) in [5.74, 6) is -0.411. The first-order chi connectivity index (χ1) is 16.8. The molecule has 1 heterocycles. The molecule has 186 valence electrons. The molecule has 0 aliphatic rings. The van der Waals surface area contributed by atoms with Crippen LogP contribution in [0.3, 0.4) is 0 Å². The fourth-order valence-electron chi connectivity index (χ4n) is 3.15. The zero-order valence-corrected chi connectivity index (χ0v) is 19.7. The maximum absolute atomic E-state index is 12.9. The largest absolute Gasteiger partial charge is 0.445 e. The quantitative estimate of drug-likeness (QED) is 0.277. The van der Waals surface area contributed by atoms with Crippen molar-refractivity contribution in [1.82, 2.24) is 15.2 Å². The molecule has 0 bridgehead atoms. The Kier molecular flexibility index (Phi) is 9.35. The summed E-state index contributed by atoms with van der Waals surface area (Å²) in [5, 5.41) is 14.0. The number of anilines is 1. The van der Waals surface area contributed by atoms with E-state index in [2.05, 4.69) is 20.5 Å². The van der Waals surface area contributed by atoms with E-state index in [9.17, 15) is 18.0 Å². The van der Waals surface area contributed by atoms with E-state index in [0.717, 1.165) is 11.1 Å². The van der Waals surface area contributed by atoms with Crippen molar-refractivity contribution in [3.8, 4) is 11.3 Å². The summed E-state index contributed by atoms with van der Waals surface area (Å²) >= 11 is 0. The van der Waals surface area contributed by atoms with Crippen LogP contribution >= 0.6 is 0 Å². The normalized spacial score (nSPS) is 12.0. The highest BCUT2D eigenvalue weighted by Gasteiger charge is 2.23. The van der Waals surface area contributed by atoms with Gasteiger partial charge in [0.15, 0.2) is 0 Å². The number of nitrogens with two attached hydrogens (primary N) is 1. The van der Waals surface area contributed by atoms with Gasteiger partial charge in [-0.1, -0.05) is 65.8 Å². The maximum atomic E-state index is 12.9. The number of ether oxygens (including phenoxy) is 1. The molecule has 1 aromatic heterocycles. The third kappa shape index (κ3) is 9.20. The number of benzene rings is 2. The molecule has 0 unspecified atom stereocenters. The van der Waals surface area contributed by atoms with Crippen LogP contribution in [0.15, 0.2) is 71.3 Å². The van der Waals surface area contributed by atoms with E-state index < -0.39 is 28.3 Å². The average molecular weight is 502 g/mol. The maximum Gasteiger partial charge on any atom is 0.408 e. The molecule has 0 saturated carbocycles. The monoisotopic (exact) mass is 501 g/mol. The minimum absolute atomic E-state index is 0.0435. The van der Waals surface area contributed by atoms with Gasteiger partial charge in [-0.3, -0.25) is 10.1 Å². The predicted octanol–water partition coefficient (Wildman–Crippen LogP) is 2.54. The SMILES string of the molecule is NS(=O)(=O)NCCCC[C@@H](NC(=O)OCc1ccccc1)C(=O)Nc1cc(-c2ccccc2)no1. The highest BCUT2D eigenvalue weighted by atomic mass is 32.2. The number of nitrogens with one attached hydrogen (secondary N) is 3. The number of hydrogen-bond donors (Lipinski definition) is 4. The van der Waals surface area contributed by atoms with Gasteiger partial charge in [-0.25, -0.2) is 14.7 Å². The van der Waals surface area contributed by atoms with Crippen LogP contribution in [-0.4, -0.2) is 38.2 Å². The average Bonchev–Trinajstić information content (AvgIpc) is 3.31. The van der Waals surface area contributed by atoms with Gasteiger partial charge in [0.2, 0.25) is 11.8 Å². The molecule has 0 saturated heterocycles. The molecule has 5 N–H and O–H groups in total. The molecule has 0 aliphatic heterocycles. The van der Waals surface area contributed by atoms with Gasteiger partial charge in [-0.2, -0.15) is 8.42 Å². The van der Waals surface area contributed by atoms with Crippen LogP contribution in [-0.2, 0) is 26.3 Å². The van der Waals surface area contributed by atoms with Crippen LogP contribution in [0.5, 0.6) is 0 Å². The number of rotatable bonds is 12. The van der Waals surface area contributed by atoms with Gasteiger partial charge in [0, 0.05) is 18.2 Å². The summed E-state index contributed by atoms with van der Waals surface area (Å²) in [6.45, 7) is 0.149. The molecule has 2 aromatic carbocycles. The number of carbonyl (C=O) groups is 2. The molecule has 3 aromatic rings. The second-order valence-electron chi connectivity index (χ2n) is 7.63. The van der Waals surface area contributed by atoms with Crippen molar-refractivity contribution in [2.24, 2.45) is 5.14 Å². The molecule has 12 heteroatoms. The standard InChI is InChI=1S/C23H27N5O6S/c24-35(31,32)25-14-8-7-13-19(26-23(30)33-16-17-9-3-1-4-10-17)22(29)27-21-15-20(28-34-21)18-11-5-2-6-12-18/h1-6,9-12,15,19,25H,7-8,13-14,16H2,(H,26,30)(H,27,29)(H2,24,31,32)/t19-/m1/s1. The minimum atomic E-state index is -3.79. The van der Waals surface area contributed by atoms with Crippen molar-refractivity contribution in [1.29, 1.82) is 0 Å². The Morgan fingerprint density at radius 1 is 1.03 bits per heavy atom. The first kappa shape index (κ1) is 25.9. The first-order valence-corrected chi connectivity index (χ1v) is 12.4. The van der Waals surface area contributed by atoms with Crippen molar-refractivity contribution >= 4 is 28.1 Å². The van der Waals surface area contributed by atoms with Crippen molar-refractivity contribution in [2.75, 3.05) is 11.9 Å². The van der Waals surface area contributed by atoms with Gasteiger partial charge in [0.25, 0.3) is 10.2 Å². The molecule has 2 amide bonds. The highest BCUT2D eigenvalue weighted by molar-refractivity contribution is 7.87. The highest BCUT2D eigenvalue weighted by Crippen LogP contribution is 2.21. The summed E-state index contributed by atoms with van der Waals surface area (Å²) < 4.78 is 34.6. The summed E-state index contributed by atoms with van der Waals surface area (Å²) in [4.78, 5) is 25.2. The lowest BCUT2D eigenvalue weighted by molar-refractivity contribution is -0.118. The number of carbonyl (C=O) groups excluding carboxylic acids is 2. The van der Waals surface area contributed by atoms with Crippen LogP contribution in [0.25, 0.3) is 11.3 Å². The predicted molar refractivity (Wildman–Crippen MR) is 129 cm³/mol. The van der Waals surface area contributed by atoms with Crippen molar-refractivity contribution in [3.05, 3.63) is 72.3 Å². The molecule has 0 spiro atoms. The number of amides is 2. The lowest BCUT2D eigenvalue weighted by Crippen LogP contribution is -2.44. The van der Waals surface area contributed by atoms with E-state index in [1.54, 1.807) is 6.07 Å². The molecule has 1 atom stereocenters. The van der Waals surface area contributed by atoms with Gasteiger partial charge in [0.1, 0.15) is 18.3 Å². The van der Waals surface area contributed by atoms with Gasteiger partial charge in [-0.15, -0.1) is 0 Å². The Balaban J connectivity index is 1.59. The summed E-state index contributed by atoms with van der Waals surface area (Å²) in [7, 11) is -3.79. The number of aromatic nitrogens is 1. The molecular weight excluding hydrogens is 474 g/mol. The lowest BCUT2D eigenvalue weighted by Gasteiger charge is -2.17. The van der Waals surface area contributed by atoms with Gasteiger partial charge >= 0.3 is 6.09 Å². The Morgan fingerprint density at radius 3 is 2.40 bits per heavy atom. The van der Waals surface area contributed by atoms with E-state index in [-0.39, 0.29) is 25.5 Å². The van der Waals surface area contributed by atoms with Gasteiger partial charge in [0.05, 0.1) is 0 Å². The zero-order valence-electron chi connectivity index (χ0n) is 18.8. The number of hydrogen-bond acceptors (Lipinski definition) is 7. The smallest absolute Gasteiger partial charge is 0.408 e. The van der Waals surface area contributed by atoms with Crippen LogP contribution in [0, 0.1) is 0 Å². The van der Waals surface area contributed by atoms with E-state index in [0.29, 0.717) is 18.5 Å². The number of unbranched alkanes of at least 4 members (excludes halogenated alkanes) is 1. The van der Waals surface area contributed by atoms with Gasteiger partial charge in [-0.05, 0) is 24.8 Å². The second kappa shape index (κ2) is 12.6.